The number of benzene rings is 1. The van der Waals surface area contributed by atoms with E-state index in [0.717, 1.165) is 10.4 Å². The molecule has 0 aliphatic heterocycles. The number of amides is 1. The van der Waals surface area contributed by atoms with Crippen LogP contribution in [-0.2, 0) is 6.54 Å². The minimum atomic E-state index is -0.256. The van der Waals surface area contributed by atoms with Crippen molar-refractivity contribution in [2.45, 2.75) is 13.5 Å². The van der Waals surface area contributed by atoms with Crippen molar-refractivity contribution in [1.29, 1.82) is 0 Å². The van der Waals surface area contributed by atoms with E-state index in [2.05, 4.69) is 10.3 Å². The van der Waals surface area contributed by atoms with Gasteiger partial charge in [-0.15, -0.1) is 11.3 Å². The van der Waals surface area contributed by atoms with Crippen molar-refractivity contribution in [1.82, 2.24) is 10.3 Å². The third kappa shape index (κ3) is 3.26. The first-order chi connectivity index (χ1) is 11.6. The van der Waals surface area contributed by atoms with Crippen molar-refractivity contribution in [2.24, 2.45) is 0 Å². The molecule has 0 radical (unpaired) electrons. The van der Waals surface area contributed by atoms with Crippen molar-refractivity contribution in [3.8, 4) is 22.3 Å². The van der Waals surface area contributed by atoms with Crippen LogP contribution >= 0.6 is 11.3 Å². The molecular formula is C17H16N2O4S. The Hall–Kier alpha value is -2.80. The van der Waals surface area contributed by atoms with Crippen molar-refractivity contribution in [3.63, 3.8) is 0 Å². The average Bonchev–Trinajstić information content (AvgIpc) is 3.23. The van der Waals surface area contributed by atoms with Gasteiger partial charge in [-0.2, -0.15) is 0 Å². The Balaban J connectivity index is 1.71. The summed E-state index contributed by atoms with van der Waals surface area (Å²) in [6.07, 6.45) is 1.57. The number of thiazole rings is 1. The number of phenolic OH excluding ortho intramolecular Hbond substituents is 1. The summed E-state index contributed by atoms with van der Waals surface area (Å²) in [5.41, 5.74) is 1.20. The number of hydrogen-bond acceptors (Lipinski definition) is 6. The van der Waals surface area contributed by atoms with E-state index in [0.29, 0.717) is 28.8 Å². The lowest BCUT2D eigenvalue weighted by molar-refractivity contribution is 0.0946. The second-order valence-electron chi connectivity index (χ2n) is 5.09. The molecule has 2 N–H and O–H groups in total. The van der Waals surface area contributed by atoms with Gasteiger partial charge in [0.25, 0.3) is 5.91 Å². The predicted octanol–water partition coefficient (Wildman–Crippen LogP) is 3.36. The molecule has 0 saturated carbocycles. The predicted molar refractivity (Wildman–Crippen MR) is 90.4 cm³/mol. The lowest BCUT2D eigenvalue weighted by Gasteiger charge is -2.07. The summed E-state index contributed by atoms with van der Waals surface area (Å²) in [6, 6.07) is 8.52. The maximum absolute atomic E-state index is 12.4. The van der Waals surface area contributed by atoms with Crippen molar-refractivity contribution >= 4 is 17.2 Å². The molecule has 7 heteroatoms. The number of aryl methyl sites for hydroxylation is 1. The van der Waals surface area contributed by atoms with E-state index in [9.17, 15) is 9.90 Å². The zero-order valence-electron chi connectivity index (χ0n) is 13.2. The number of nitrogens with one attached hydrogen (secondary N) is 1. The number of phenols is 1. The highest BCUT2D eigenvalue weighted by Crippen LogP contribution is 2.28. The molecule has 0 aliphatic rings. The number of aromatic nitrogens is 1. The Labute approximate surface area is 142 Å². The van der Waals surface area contributed by atoms with Crippen LogP contribution < -0.4 is 10.1 Å². The second-order valence-corrected chi connectivity index (χ2v) is 6.29. The fourth-order valence-corrected chi connectivity index (χ4v) is 3.09. The third-order valence-electron chi connectivity index (χ3n) is 3.44. The minimum Gasteiger partial charge on any atom is -0.504 e. The zero-order chi connectivity index (χ0) is 17.1. The average molecular weight is 344 g/mol. The first kappa shape index (κ1) is 16.1. The molecule has 1 aromatic carbocycles. The van der Waals surface area contributed by atoms with Gasteiger partial charge < -0.3 is 19.6 Å². The van der Waals surface area contributed by atoms with Crippen molar-refractivity contribution < 1.29 is 19.1 Å². The van der Waals surface area contributed by atoms with Crippen LogP contribution in [0.25, 0.3) is 10.8 Å². The summed E-state index contributed by atoms with van der Waals surface area (Å²) in [5, 5.41) is 13.1. The molecule has 24 heavy (non-hydrogen) atoms. The summed E-state index contributed by atoms with van der Waals surface area (Å²) >= 11 is 1.41. The van der Waals surface area contributed by atoms with E-state index in [-0.39, 0.29) is 11.7 Å². The van der Waals surface area contributed by atoms with Crippen LogP contribution in [0.5, 0.6) is 11.5 Å². The fraction of sp³-hybridized carbons (Fsp3) is 0.176. The number of hydrogen-bond donors (Lipinski definition) is 2. The standard InChI is InChI=1S/C17H16N2O4S/c1-10-15(19-17(24-10)13-4-3-7-23-13)16(21)18-9-11-5-6-12(20)14(8-11)22-2/h3-8,20H,9H2,1-2H3,(H,18,21). The number of nitrogens with zero attached hydrogens (tertiary/aromatic N) is 1. The second kappa shape index (κ2) is 6.76. The van der Waals surface area contributed by atoms with Crippen molar-refractivity contribution in [2.75, 3.05) is 7.11 Å². The molecule has 0 aliphatic carbocycles. The van der Waals surface area contributed by atoms with Crippen molar-refractivity contribution in [3.05, 3.63) is 52.7 Å². The maximum Gasteiger partial charge on any atom is 0.271 e. The maximum atomic E-state index is 12.4. The number of ether oxygens (including phenoxy) is 1. The van der Waals surface area contributed by atoms with Gasteiger partial charge in [0.1, 0.15) is 5.69 Å². The van der Waals surface area contributed by atoms with Crippen LogP contribution in [0, 0.1) is 6.92 Å². The summed E-state index contributed by atoms with van der Waals surface area (Å²) in [6.45, 7) is 2.16. The van der Waals surface area contributed by atoms with Gasteiger partial charge in [0, 0.05) is 11.4 Å². The zero-order valence-corrected chi connectivity index (χ0v) is 14.0. The number of furan rings is 1. The van der Waals surface area contributed by atoms with Gasteiger partial charge in [-0.05, 0) is 36.8 Å². The SMILES string of the molecule is COc1cc(CNC(=O)c2nc(-c3ccco3)sc2C)ccc1O. The Kier molecular flexibility index (Phi) is 4.52. The van der Waals surface area contributed by atoms with Gasteiger partial charge in [-0.25, -0.2) is 4.98 Å². The minimum absolute atomic E-state index is 0.0611. The van der Waals surface area contributed by atoms with Gasteiger partial charge in [0.05, 0.1) is 13.4 Å². The van der Waals surface area contributed by atoms with Crippen LogP contribution in [0.3, 0.4) is 0 Å². The molecule has 0 fully saturated rings. The number of carbonyl (C=O) groups is 1. The third-order valence-corrected chi connectivity index (χ3v) is 4.43. The number of carbonyl (C=O) groups excluding carboxylic acids is 1. The van der Waals surface area contributed by atoms with Crippen LogP contribution in [0.2, 0.25) is 0 Å². The van der Waals surface area contributed by atoms with Crippen LogP contribution in [0.4, 0.5) is 0 Å². The summed E-state index contributed by atoms with van der Waals surface area (Å²) < 4.78 is 10.4. The van der Waals surface area contributed by atoms with E-state index < -0.39 is 0 Å². The summed E-state index contributed by atoms with van der Waals surface area (Å²) in [7, 11) is 1.48. The monoisotopic (exact) mass is 344 g/mol. The molecule has 0 bridgehead atoms. The first-order valence-corrected chi connectivity index (χ1v) is 8.05. The number of methoxy groups -OCH3 is 1. The van der Waals surface area contributed by atoms with Gasteiger partial charge in [0.2, 0.25) is 0 Å². The molecule has 0 saturated heterocycles. The Morgan fingerprint density at radius 2 is 2.25 bits per heavy atom. The van der Waals surface area contributed by atoms with E-state index in [1.807, 2.05) is 13.0 Å². The molecule has 1 amide bonds. The highest BCUT2D eigenvalue weighted by Gasteiger charge is 2.17. The van der Waals surface area contributed by atoms with E-state index in [4.69, 9.17) is 9.15 Å². The smallest absolute Gasteiger partial charge is 0.271 e. The van der Waals surface area contributed by atoms with Gasteiger partial charge in [-0.1, -0.05) is 6.07 Å². The molecule has 0 spiro atoms. The Morgan fingerprint density at radius 3 is 2.96 bits per heavy atom. The Bertz CT molecular complexity index is 856. The van der Waals surface area contributed by atoms with Crippen LogP contribution in [-0.4, -0.2) is 23.1 Å². The van der Waals surface area contributed by atoms with Gasteiger partial charge >= 0.3 is 0 Å². The number of rotatable bonds is 5. The lowest BCUT2D eigenvalue weighted by Crippen LogP contribution is -2.23. The summed E-state index contributed by atoms with van der Waals surface area (Å²) in [5.74, 6) is 0.816. The fourth-order valence-electron chi connectivity index (χ4n) is 2.21. The lowest BCUT2D eigenvalue weighted by atomic mass is 10.2. The summed E-state index contributed by atoms with van der Waals surface area (Å²) in [4.78, 5) is 17.5. The van der Waals surface area contributed by atoms with Crippen LogP contribution in [0.1, 0.15) is 20.9 Å². The topological polar surface area (TPSA) is 84.6 Å². The molecule has 124 valence electrons. The van der Waals surface area contributed by atoms with E-state index in [1.165, 1.54) is 24.5 Å². The molecule has 3 rings (SSSR count). The highest BCUT2D eigenvalue weighted by atomic mass is 32.1. The molecule has 0 unspecified atom stereocenters. The molecule has 3 aromatic rings. The van der Waals surface area contributed by atoms with Gasteiger partial charge in [-0.3, -0.25) is 4.79 Å². The largest absolute Gasteiger partial charge is 0.504 e. The van der Waals surface area contributed by atoms with E-state index in [1.54, 1.807) is 24.5 Å². The normalized spacial score (nSPS) is 10.6. The van der Waals surface area contributed by atoms with E-state index >= 15 is 0 Å². The Morgan fingerprint density at radius 1 is 1.42 bits per heavy atom. The molecule has 2 aromatic heterocycles. The van der Waals surface area contributed by atoms with Gasteiger partial charge in [0.15, 0.2) is 22.3 Å². The highest BCUT2D eigenvalue weighted by molar-refractivity contribution is 7.15. The molecule has 0 atom stereocenters. The molecular weight excluding hydrogens is 328 g/mol. The quantitative estimate of drug-likeness (QED) is 0.741. The van der Waals surface area contributed by atoms with Crippen LogP contribution in [0.15, 0.2) is 41.0 Å². The number of aromatic hydroxyl groups is 1. The molecule has 6 nitrogen and oxygen atoms in total. The first-order valence-electron chi connectivity index (χ1n) is 7.24. The molecule has 2 heterocycles.